The van der Waals surface area contributed by atoms with Crippen LogP contribution >= 0.6 is 0 Å². The van der Waals surface area contributed by atoms with E-state index in [-0.39, 0.29) is 12.3 Å². The number of hydrogen-bond donors (Lipinski definition) is 1. The second-order valence-electron chi connectivity index (χ2n) is 9.40. The van der Waals surface area contributed by atoms with Crippen molar-refractivity contribution in [1.29, 1.82) is 0 Å². The number of carboxylic acids is 1. The topological polar surface area (TPSA) is 85.3 Å². The van der Waals surface area contributed by atoms with Crippen LogP contribution in [0.15, 0.2) is 60.7 Å². The predicted octanol–water partition coefficient (Wildman–Crippen LogP) is 4.47. The molecule has 1 saturated carbocycles. The van der Waals surface area contributed by atoms with E-state index in [1.54, 1.807) is 55.7 Å². The molecule has 2 heterocycles. The predicted molar refractivity (Wildman–Crippen MR) is 130 cm³/mol. The first kappa shape index (κ1) is 22.3. The van der Waals surface area contributed by atoms with Gasteiger partial charge in [-0.05, 0) is 49.1 Å². The number of allylic oxidation sites excluding steroid dienone is 2. The van der Waals surface area contributed by atoms with E-state index in [2.05, 4.69) is 23.7 Å². The minimum atomic E-state index is -1.33. The summed E-state index contributed by atoms with van der Waals surface area (Å²) in [6.45, 7) is 0. The van der Waals surface area contributed by atoms with Crippen LogP contribution in [0.25, 0.3) is 0 Å². The summed E-state index contributed by atoms with van der Waals surface area (Å²) in [7, 11) is 1.55. The van der Waals surface area contributed by atoms with Gasteiger partial charge in [-0.3, -0.25) is 4.79 Å². The van der Waals surface area contributed by atoms with Crippen molar-refractivity contribution in [2.45, 2.75) is 37.0 Å². The van der Waals surface area contributed by atoms with Crippen LogP contribution in [0, 0.1) is 35.0 Å². The number of fused-ring (bicyclic) bond motifs is 1. The number of hydrogen-bond acceptors (Lipinski definition) is 5. The van der Waals surface area contributed by atoms with Gasteiger partial charge in [-0.25, -0.2) is 9.69 Å². The number of methoxy groups -OCH3 is 1. The van der Waals surface area contributed by atoms with Gasteiger partial charge in [0.1, 0.15) is 17.1 Å². The molecule has 2 aliphatic carbocycles. The Bertz CT molecular complexity index is 1430. The zero-order chi connectivity index (χ0) is 25.0. The molecule has 0 aromatic heterocycles. The van der Waals surface area contributed by atoms with Gasteiger partial charge in [0.15, 0.2) is 0 Å². The third-order valence-electron chi connectivity index (χ3n) is 7.66. The van der Waals surface area contributed by atoms with E-state index in [9.17, 15) is 14.7 Å². The second kappa shape index (κ2) is 7.91. The summed E-state index contributed by atoms with van der Waals surface area (Å²) < 4.78 is 18.0. The van der Waals surface area contributed by atoms with Crippen LogP contribution in [0.5, 0.6) is 11.5 Å². The van der Waals surface area contributed by atoms with Crippen LogP contribution in [0.4, 0.5) is 10.5 Å². The molecule has 4 aliphatic rings. The van der Waals surface area contributed by atoms with E-state index in [0.29, 0.717) is 35.6 Å². The molecule has 4 atom stereocenters. The number of anilines is 1. The highest BCUT2D eigenvalue weighted by atomic mass is 16.6. The van der Waals surface area contributed by atoms with Crippen molar-refractivity contribution < 1.29 is 28.9 Å². The Kier molecular flexibility index (Phi) is 4.90. The Hall–Kier alpha value is -4.20. The molecule has 6 rings (SSSR count). The highest BCUT2D eigenvalue weighted by Gasteiger charge is 2.80. The van der Waals surface area contributed by atoms with Crippen molar-refractivity contribution in [3.05, 3.63) is 66.2 Å². The monoisotopic (exact) mass is 481 g/mol. The molecule has 4 bridgehead atoms. The highest BCUT2D eigenvalue weighted by Crippen LogP contribution is 2.73. The summed E-state index contributed by atoms with van der Waals surface area (Å²) in [4.78, 5) is 27.4. The van der Waals surface area contributed by atoms with Crippen LogP contribution in [-0.2, 0) is 15.1 Å². The molecule has 1 saturated heterocycles. The van der Waals surface area contributed by atoms with E-state index in [1.165, 1.54) is 4.90 Å². The summed E-state index contributed by atoms with van der Waals surface area (Å²) in [6.07, 6.45) is 4.38. The van der Waals surface area contributed by atoms with Crippen molar-refractivity contribution in [1.82, 2.24) is 0 Å². The molecule has 7 nitrogen and oxygen atoms in total. The van der Waals surface area contributed by atoms with Gasteiger partial charge >= 0.3 is 12.1 Å². The Labute approximate surface area is 208 Å². The van der Waals surface area contributed by atoms with Crippen LogP contribution in [0.3, 0.4) is 0 Å². The first-order valence-corrected chi connectivity index (χ1v) is 11.8. The van der Waals surface area contributed by atoms with Gasteiger partial charge in [-0.1, -0.05) is 48.4 Å². The van der Waals surface area contributed by atoms with Crippen molar-refractivity contribution in [3.8, 4) is 35.2 Å². The Morgan fingerprint density at radius 2 is 1.89 bits per heavy atom. The molecule has 0 spiro atoms. The average molecular weight is 482 g/mol. The van der Waals surface area contributed by atoms with Crippen molar-refractivity contribution in [2.24, 2.45) is 11.3 Å². The van der Waals surface area contributed by atoms with E-state index < -0.39 is 28.8 Å². The number of benzene rings is 2. The van der Waals surface area contributed by atoms with Crippen molar-refractivity contribution in [2.75, 3.05) is 12.0 Å². The average Bonchev–Trinajstić information content (AvgIpc) is 2.86. The summed E-state index contributed by atoms with van der Waals surface area (Å²) in [5.41, 5.74) is -2.15. The van der Waals surface area contributed by atoms with Crippen molar-refractivity contribution >= 4 is 17.7 Å². The Morgan fingerprint density at radius 1 is 1.11 bits per heavy atom. The molecule has 2 aromatic carbocycles. The fourth-order valence-corrected chi connectivity index (χ4v) is 6.37. The second-order valence-corrected chi connectivity index (χ2v) is 9.40. The SMILES string of the molecule is COc1ccc2c(c1)N(C(=O)Oc1ccccc1)[C@@]13C#C/C=C\C#CC4(CC(=O)O)CCCC1[C@]24O3. The standard InChI is InChI=1S/C29H23NO6/c1-34-21-13-14-22-23(18-21)30(26(33)35-20-10-5-4-6-11-20)28-17-8-3-2-7-15-27(19-25(31)32)16-9-12-24(28)29(22,27)36-28/h2-6,10-11,13-14,18,24H,9,12,16,19H2,1H3,(H,31,32)/b3-2-/t24?,27?,28-,29-/m1/s1. The summed E-state index contributed by atoms with van der Waals surface area (Å²) >= 11 is 0. The molecule has 2 aromatic rings. The number of amides is 1. The van der Waals surface area contributed by atoms with Gasteiger partial charge in [0, 0.05) is 11.6 Å². The minimum Gasteiger partial charge on any atom is -0.497 e. The number of para-hydroxylation sites is 1. The van der Waals surface area contributed by atoms with E-state index >= 15 is 0 Å². The van der Waals surface area contributed by atoms with E-state index in [4.69, 9.17) is 14.2 Å². The van der Waals surface area contributed by atoms with Crippen LogP contribution in [0.2, 0.25) is 0 Å². The van der Waals surface area contributed by atoms with Crippen LogP contribution < -0.4 is 14.4 Å². The molecule has 7 heteroatoms. The zero-order valence-electron chi connectivity index (χ0n) is 19.6. The van der Waals surface area contributed by atoms with Crippen LogP contribution in [-0.4, -0.2) is 30.0 Å². The fourth-order valence-electron chi connectivity index (χ4n) is 6.37. The Morgan fingerprint density at radius 3 is 2.64 bits per heavy atom. The van der Waals surface area contributed by atoms with E-state index in [1.807, 2.05) is 12.1 Å². The third-order valence-corrected chi connectivity index (χ3v) is 7.66. The van der Waals surface area contributed by atoms with Crippen molar-refractivity contribution in [3.63, 3.8) is 0 Å². The highest BCUT2D eigenvalue weighted by molar-refractivity contribution is 5.95. The molecule has 0 radical (unpaired) electrons. The summed E-state index contributed by atoms with van der Waals surface area (Å²) in [5, 5.41) is 9.95. The molecule has 36 heavy (non-hydrogen) atoms. The Balaban J connectivity index is 1.61. The number of carbonyl (C=O) groups excluding carboxylic acids is 1. The minimum absolute atomic E-state index is 0.187. The maximum Gasteiger partial charge on any atom is 0.422 e. The maximum atomic E-state index is 13.8. The van der Waals surface area contributed by atoms with Crippen LogP contribution in [0.1, 0.15) is 31.2 Å². The molecule has 1 amide bonds. The molecule has 1 N–H and O–H groups in total. The van der Waals surface area contributed by atoms with Gasteiger partial charge < -0.3 is 19.3 Å². The smallest absolute Gasteiger partial charge is 0.422 e. The molecule has 2 fully saturated rings. The lowest BCUT2D eigenvalue weighted by Crippen LogP contribution is -2.82. The summed E-state index contributed by atoms with van der Waals surface area (Å²) in [5.74, 6) is 12.2. The molecular formula is C29H23NO6. The lowest BCUT2D eigenvalue weighted by Gasteiger charge is -2.72. The van der Waals surface area contributed by atoms with Gasteiger partial charge in [0.05, 0.1) is 30.6 Å². The quantitative estimate of drug-likeness (QED) is 0.649. The maximum absolute atomic E-state index is 13.8. The number of carboxylic acid groups (broad SMARTS) is 1. The van der Waals surface area contributed by atoms with Gasteiger partial charge in [0.2, 0.25) is 5.72 Å². The number of aliphatic carboxylic acids is 1. The van der Waals surface area contributed by atoms with Gasteiger partial charge in [-0.2, -0.15) is 0 Å². The van der Waals surface area contributed by atoms with E-state index in [0.717, 1.165) is 6.42 Å². The zero-order valence-corrected chi connectivity index (χ0v) is 19.6. The lowest BCUT2D eigenvalue weighted by molar-refractivity contribution is -0.362. The third kappa shape index (κ3) is 2.87. The van der Waals surface area contributed by atoms with Gasteiger partial charge in [-0.15, -0.1) is 0 Å². The summed E-state index contributed by atoms with van der Waals surface area (Å²) in [6, 6.07) is 14.2. The number of ether oxygens (including phenoxy) is 3. The fraction of sp³-hybridized carbons (Fsp3) is 0.310. The molecule has 180 valence electrons. The lowest BCUT2D eigenvalue weighted by atomic mass is 9.47. The first-order valence-electron chi connectivity index (χ1n) is 11.8. The number of carbonyl (C=O) groups is 2. The number of nitrogens with zero attached hydrogens (tertiary/aromatic N) is 1. The largest absolute Gasteiger partial charge is 0.497 e. The molecule has 2 unspecified atom stereocenters. The molecular weight excluding hydrogens is 458 g/mol. The molecule has 2 aliphatic heterocycles. The van der Waals surface area contributed by atoms with Gasteiger partial charge in [0.25, 0.3) is 0 Å². The number of rotatable bonds is 4. The normalized spacial score (nSPS) is 31.1. The first-order chi connectivity index (χ1) is 17.5.